The lowest BCUT2D eigenvalue weighted by Crippen LogP contribution is -2.20. The van der Waals surface area contributed by atoms with Crippen molar-refractivity contribution in [2.45, 2.75) is 19.8 Å². The molecule has 0 fully saturated rings. The molecule has 2 rings (SSSR count). The first-order valence-corrected chi connectivity index (χ1v) is 7.40. The van der Waals surface area contributed by atoms with E-state index in [-0.39, 0.29) is 0 Å². The number of rotatable bonds is 7. The lowest BCUT2D eigenvalue weighted by molar-refractivity contribution is 0.414. The second-order valence-electron chi connectivity index (χ2n) is 4.46. The number of nitrogens with zero attached hydrogens (tertiary/aromatic N) is 1. The molecule has 102 valence electrons. The van der Waals surface area contributed by atoms with E-state index in [1.807, 2.05) is 17.6 Å². The van der Waals surface area contributed by atoms with Crippen LogP contribution in [0.3, 0.4) is 0 Å². The van der Waals surface area contributed by atoms with Crippen LogP contribution in [0.4, 0.5) is 0 Å². The molecule has 0 saturated carbocycles. The molecule has 0 atom stereocenters. The van der Waals surface area contributed by atoms with Gasteiger partial charge in [0.15, 0.2) is 0 Å². The molecule has 1 aromatic heterocycles. The van der Waals surface area contributed by atoms with E-state index < -0.39 is 0 Å². The number of methoxy groups -OCH3 is 1. The highest BCUT2D eigenvalue weighted by atomic mass is 32.1. The molecule has 1 aromatic carbocycles. The largest absolute Gasteiger partial charge is 0.497 e. The molecule has 0 saturated heterocycles. The molecular formula is C15H20N2OS. The highest BCUT2D eigenvalue weighted by Crippen LogP contribution is 2.12. The van der Waals surface area contributed by atoms with Gasteiger partial charge in [-0.1, -0.05) is 12.1 Å². The second kappa shape index (κ2) is 7.26. The molecule has 3 nitrogen and oxygen atoms in total. The highest BCUT2D eigenvalue weighted by molar-refractivity contribution is 7.09. The number of aromatic nitrogens is 1. The van der Waals surface area contributed by atoms with Gasteiger partial charge in [-0.15, -0.1) is 11.3 Å². The Morgan fingerprint density at radius 3 is 2.53 bits per heavy atom. The number of ether oxygens (including phenoxy) is 1. The van der Waals surface area contributed by atoms with Crippen LogP contribution in [-0.4, -0.2) is 25.2 Å². The SMILES string of the molecule is COc1ccc(CCNCCc2scnc2C)cc1. The van der Waals surface area contributed by atoms with Crippen molar-refractivity contribution in [3.8, 4) is 5.75 Å². The molecule has 0 radical (unpaired) electrons. The van der Waals surface area contributed by atoms with E-state index in [4.69, 9.17) is 4.74 Å². The van der Waals surface area contributed by atoms with E-state index in [2.05, 4.69) is 29.4 Å². The van der Waals surface area contributed by atoms with Gasteiger partial charge >= 0.3 is 0 Å². The maximum atomic E-state index is 5.14. The number of aryl methyl sites for hydroxylation is 1. The number of hydrogen-bond donors (Lipinski definition) is 1. The molecule has 0 spiro atoms. The minimum absolute atomic E-state index is 0.914. The molecular weight excluding hydrogens is 256 g/mol. The monoisotopic (exact) mass is 276 g/mol. The molecule has 2 aromatic rings. The third-order valence-electron chi connectivity index (χ3n) is 3.12. The van der Waals surface area contributed by atoms with Crippen LogP contribution in [0.5, 0.6) is 5.75 Å². The van der Waals surface area contributed by atoms with Crippen LogP contribution in [-0.2, 0) is 12.8 Å². The van der Waals surface area contributed by atoms with E-state index in [1.165, 1.54) is 16.1 Å². The molecule has 0 aliphatic heterocycles. The fraction of sp³-hybridized carbons (Fsp3) is 0.400. The Kier molecular flexibility index (Phi) is 5.36. The topological polar surface area (TPSA) is 34.1 Å². The van der Waals surface area contributed by atoms with Crippen LogP contribution in [0.25, 0.3) is 0 Å². The number of hydrogen-bond acceptors (Lipinski definition) is 4. The summed E-state index contributed by atoms with van der Waals surface area (Å²) < 4.78 is 5.14. The van der Waals surface area contributed by atoms with Crippen molar-refractivity contribution in [3.05, 3.63) is 45.9 Å². The van der Waals surface area contributed by atoms with Crippen molar-refractivity contribution in [1.82, 2.24) is 10.3 Å². The molecule has 0 amide bonds. The summed E-state index contributed by atoms with van der Waals surface area (Å²) in [7, 11) is 1.69. The molecule has 0 aliphatic carbocycles. The van der Waals surface area contributed by atoms with Crippen LogP contribution in [0, 0.1) is 6.92 Å². The molecule has 0 bridgehead atoms. The van der Waals surface area contributed by atoms with Crippen LogP contribution in [0.15, 0.2) is 29.8 Å². The summed E-state index contributed by atoms with van der Waals surface area (Å²) in [5.41, 5.74) is 4.42. The van der Waals surface area contributed by atoms with Crippen molar-refractivity contribution in [3.63, 3.8) is 0 Å². The van der Waals surface area contributed by atoms with Crippen molar-refractivity contribution < 1.29 is 4.74 Å². The summed E-state index contributed by atoms with van der Waals surface area (Å²) >= 11 is 1.74. The van der Waals surface area contributed by atoms with Crippen LogP contribution in [0.1, 0.15) is 16.1 Å². The van der Waals surface area contributed by atoms with E-state index in [0.29, 0.717) is 0 Å². The van der Waals surface area contributed by atoms with Gasteiger partial charge in [-0.2, -0.15) is 0 Å². The standard InChI is InChI=1S/C15H20N2OS/c1-12-15(19-11-17-12)8-10-16-9-7-13-3-5-14(18-2)6-4-13/h3-6,11,16H,7-10H2,1-2H3. The average molecular weight is 276 g/mol. The Hall–Kier alpha value is -1.39. The number of thiazole rings is 1. The minimum atomic E-state index is 0.914. The number of benzene rings is 1. The summed E-state index contributed by atoms with van der Waals surface area (Å²) in [5, 5.41) is 3.48. The summed E-state index contributed by atoms with van der Waals surface area (Å²) in [6.07, 6.45) is 2.12. The van der Waals surface area contributed by atoms with Gasteiger partial charge in [0.05, 0.1) is 18.3 Å². The van der Waals surface area contributed by atoms with E-state index in [0.717, 1.165) is 31.7 Å². The molecule has 4 heteroatoms. The smallest absolute Gasteiger partial charge is 0.118 e. The van der Waals surface area contributed by atoms with E-state index in [1.54, 1.807) is 18.4 Å². The lowest BCUT2D eigenvalue weighted by Gasteiger charge is -2.05. The minimum Gasteiger partial charge on any atom is -0.497 e. The Morgan fingerprint density at radius 2 is 1.89 bits per heavy atom. The molecule has 0 aliphatic rings. The Morgan fingerprint density at radius 1 is 1.16 bits per heavy atom. The van der Waals surface area contributed by atoms with Gasteiger partial charge < -0.3 is 10.1 Å². The fourth-order valence-corrected chi connectivity index (χ4v) is 2.70. The number of nitrogens with one attached hydrogen (secondary N) is 1. The lowest BCUT2D eigenvalue weighted by atomic mass is 10.1. The van der Waals surface area contributed by atoms with Gasteiger partial charge in [0.2, 0.25) is 0 Å². The van der Waals surface area contributed by atoms with Crippen molar-refractivity contribution >= 4 is 11.3 Å². The zero-order valence-electron chi connectivity index (χ0n) is 11.5. The van der Waals surface area contributed by atoms with Crippen LogP contribution < -0.4 is 10.1 Å². The fourth-order valence-electron chi connectivity index (χ4n) is 1.92. The average Bonchev–Trinajstić information content (AvgIpc) is 2.85. The summed E-state index contributed by atoms with van der Waals surface area (Å²) in [6.45, 7) is 4.09. The van der Waals surface area contributed by atoms with Gasteiger partial charge in [0, 0.05) is 11.4 Å². The first-order chi connectivity index (χ1) is 9.29. The zero-order valence-corrected chi connectivity index (χ0v) is 12.3. The molecule has 1 heterocycles. The Bertz CT molecular complexity index is 493. The molecule has 1 N–H and O–H groups in total. The van der Waals surface area contributed by atoms with Crippen molar-refractivity contribution in [1.29, 1.82) is 0 Å². The van der Waals surface area contributed by atoms with Gasteiger partial charge in [-0.05, 0) is 44.0 Å². The van der Waals surface area contributed by atoms with Gasteiger partial charge in [-0.25, -0.2) is 4.98 Å². The zero-order chi connectivity index (χ0) is 13.5. The quantitative estimate of drug-likeness (QED) is 0.790. The summed E-state index contributed by atoms with van der Waals surface area (Å²) in [6, 6.07) is 8.26. The van der Waals surface area contributed by atoms with Crippen molar-refractivity contribution in [2.75, 3.05) is 20.2 Å². The summed E-state index contributed by atoms with van der Waals surface area (Å²) in [4.78, 5) is 5.64. The normalized spacial score (nSPS) is 10.6. The predicted octanol–water partition coefficient (Wildman–Crippen LogP) is 2.83. The molecule has 19 heavy (non-hydrogen) atoms. The predicted molar refractivity (Wildman–Crippen MR) is 80.1 cm³/mol. The van der Waals surface area contributed by atoms with Gasteiger partial charge in [0.25, 0.3) is 0 Å². The highest BCUT2D eigenvalue weighted by Gasteiger charge is 2.00. The van der Waals surface area contributed by atoms with Gasteiger partial charge in [0.1, 0.15) is 5.75 Å². The van der Waals surface area contributed by atoms with Crippen LogP contribution >= 0.6 is 11.3 Å². The van der Waals surface area contributed by atoms with Crippen LogP contribution in [0.2, 0.25) is 0 Å². The van der Waals surface area contributed by atoms with Crippen molar-refractivity contribution in [2.24, 2.45) is 0 Å². The molecule has 0 unspecified atom stereocenters. The maximum Gasteiger partial charge on any atom is 0.118 e. The Labute approximate surface area is 118 Å². The first-order valence-electron chi connectivity index (χ1n) is 6.52. The second-order valence-corrected chi connectivity index (χ2v) is 5.40. The third-order valence-corrected chi connectivity index (χ3v) is 4.12. The Balaban J connectivity index is 1.65. The third kappa shape index (κ3) is 4.33. The summed E-state index contributed by atoms with van der Waals surface area (Å²) in [5.74, 6) is 0.914. The van der Waals surface area contributed by atoms with E-state index in [9.17, 15) is 0 Å². The van der Waals surface area contributed by atoms with Gasteiger partial charge in [-0.3, -0.25) is 0 Å². The maximum absolute atomic E-state index is 5.14. The van der Waals surface area contributed by atoms with E-state index >= 15 is 0 Å². The first kappa shape index (κ1) is 14.0.